The van der Waals surface area contributed by atoms with E-state index >= 15 is 0 Å². The quantitative estimate of drug-likeness (QED) is 0.590. The van der Waals surface area contributed by atoms with Crippen molar-refractivity contribution in [1.29, 1.82) is 0 Å². The summed E-state index contributed by atoms with van der Waals surface area (Å²) in [5, 5.41) is -0.0248. The number of hydrogen-bond donors (Lipinski definition) is 0. The van der Waals surface area contributed by atoms with Crippen molar-refractivity contribution in [2.24, 2.45) is 0 Å². The van der Waals surface area contributed by atoms with Gasteiger partial charge in [-0.2, -0.15) is 18.1 Å². The van der Waals surface area contributed by atoms with E-state index < -0.39 is 38.4 Å². The lowest BCUT2D eigenvalue weighted by atomic mass is 10.4. The van der Waals surface area contributed by atoms with Crippen LogP contribution in [-0.4, -0.2) is 35.8 Å². The normalized spacial score (nSPS) is 15.7. The fourth-order valence-corrected chi connectivity index (χ4v) is 4.58. The molecule has 0 unspecified atom stereocenters. The Kier molecular flexibility index (Phi) is 4.98. The molecule has 0 saturated carbocycles. The molecule has 3 rings (SSSR count). The summed E-state index contributed by atoms with van der Waals surface area (Å²) in [5.41, 5.74) is 0. The van der Waals surface area contributed by atoms with Gasteiger partial charge in [0.1, 0.15) is 9.92 Å². The average molecular weight is 393 g/mol. The number of hydrogen-bond acceptors (Lipinski definition) is 5. The predicted octanol–water partition coefficient (Wildman–Crippen LogP) is 2.97. The minimum atomic E-state index is -3.67. The SMILES string of the molecule is O=S(=O)(c1ccc(Sc2c(F)c(F)nc(F)c2F)nc1)N1CCCC1. The molecule has 1 aliphatic heterocycles. The Morgan fingerprint density at radius 2 is 1.60 bits per heavy atom. The first-order valence-electron chi connectivity index (χ1n) is 7.15. The molecule has 1 aliphatic rings. The molecule has 0 aromatic carbocycles. The summed E-state index contributed by atoms with van der Waals surface area (Å²) in [6.07, 6.45) is 2.59. The van der Waals surface area contributed by atoms with E-state index in [1.165, 1.54) is 16.4 Å². The van der Waals surface area contributed by atoms with Crippen molar-refractivity contribution in [3.8, 4) is 0 Å². The molecule has 5 nitrogen and oxygen atoms in total. The van der Waals surface area contributed by atoms with Crippen LogP contribution >= 0.6 is 11.8 Å². The van der Waals surface area contributed by atoms with Gasteiger partial charge in [-0.05, 0) is 25.0 Å². The van der Waals surface area contributed by atoms with Gasteiger partial charge in [0.25, 0.3) is 11.9 Å². The zero-order chi connectivity index (χ0) is 18.2. The number of nitrogens with zero attached hydrogens (tertiary/aromatic N) is 3. The number of aromatic nitrogens is 2. The number of sulfonamides is 1. The topological polar surface area (TPSA) is 63.2 Å². The summed E-state index contributed by atoms with van der Waals surface area (Å²) in [4.78, 5) is 5.27. The van der Waals surface area contributed by atoms with Crippen molar-refractivity contribution >= 4 is 21.8 Å². The van der Waals surface area contributed by atoms with Crippen LogP contribution in [0, 0.1) is 23.5 Å². The number of rotatable bonds is 4. The molecule has 0 amide bonds. The minimum absolute atomic E-state index is 0.0248. The monoisotopic (exact) mass is 393 g/mol. The van der Waals surface area contributed by atoms with E-state index in [1.54, 1.807) is 0 Å². The smallest absolute Gasteiger partial charge is 0.248 e. The van der Waals surface area contributed by atoms with Gasteiger partial charge >= 0.3 is 0 Å². The Morgan fingerprint density at radius 1 is 1.00 bits per heavy atom. The van der Waals surface area contributed by atoms with Crippen LogP contribution in [0.1, 0.15) is 12.8 Å². The molecule has 0 N–H and O–H groups in total. The Balaban J connectivity index is 1.87. The van der Waals surface area contributed by atoms with Gasteiger partial charge in [-0.25, -0.2) is 22.2 Å². The second kappa shape index (κ2) is 6.89. The molecule has 0 atom stereocenters. The molecule has 3 heterocycles. The first kappa shape index (κ1) is 18.1. The van der Waals surface area contributed by atoms with E-state index in [9.17, 15) is 26.0 Å². The van der Waals surface area contributed by atoms with Gasteiger partial charge in [0.05, 0.1) is 4.90 Å². The summed E-state index contributed by atoms with van der Waals surface area (Å²) in [5.74, 6) is -6.82. The van der Waals surface area contributed by atoms with Crippen LogP contribution < -0.4 is 0 Å². The molecule has 134 valence electrons. The van der Waals surface area contributed by atoms with Gasteiger partial charge in [0, 0.05) is 19.3 Å². The van der Waals surface area contributed by atoms with Crippen LogP contribution in [0.2, 0.25) is 0 Å². The standard InChI is InChI=1S/C14H11F4N3O2S2/c15-10-12(11(16)14(18)20-13(10)17)24-9-4-3-8(7-19-9)25(22,23)21-5-1-2-6-21/h3-4,7H,1-2,5-6H2. The Hall–Kier alpha value is -1.72. The summed E-state index contributed by atoms with van der Waals surface area (Å²) >= 11 is 0.331. The van der Waals surface area contributed by atoms with Gasteiger partial charge in [-0.3, -0.25) is 0 Å². The lowest BCUT2D eigenvalue weighted by Crippen LogP contribution is -2.27. The zero-order valence-corrected chi connectivity index (χ0v) is 14.2. The molecule has 1 fully saturated rings. The van der Waals surface area contributed by atoms with Crippen LogP contribution in [0.3, 0.4) is 0 Å². The van der Waals surface area contributed by atoms with Gasteiger partial charge in [-0.15, -0.1) is 0 Å². The Bertz CT molecular complexity index is 875. The van der Waals surface area contributed by atoms with Crippen LogP contribution in [0.5, 0.6) is 0 Å². The molecule has 0 aliphatic carbocycles. The fourth-order valence-electron chi connectivity index (χ4n) is 2.32. The van der Waals surface area contributed by atoms with Crippen molar-refractivity contribution in [3.05, 3.63) is 41.9 Å². The molecular formula is C14H11F4N3O2S2. The Labute approximate surface area is 145 Å². The Morgan fingerprint density at radius 3 is 2.12 bits per heavy atom. The van der Waals surface area contributed by atoms with Crippen LogP contribution in [0.4, 0.5) is 17.6 Å². The van der Waals surface area contributed by atoms with E-state index in [0.29, 0.717) is 24.9 Å². The first-order chi connectivity index (χ1) is 11.8. The number of pyridine rings is 2. The van der Waals surface area contributed by atoms with E-state index in [-0.39, 0.29) is 9.92 Å². The third-order valence-electron chi connectivity index (χ3n) is 3.58. The van der Waals surface area contributed by atoms with Crippen LogP contribution in [0.25, 0.3) is 0 Å². The van der Waals surface area contributed by atoms with Gasteiger partial charge in [0.15, 0.2) is 11.6 Å². The molecular weight excluding hydrogens is 382 g/mol. The highest BCUT2D eigenvalue weighted by atomic mass is 32.2. The molecule has 0 spiro atoms. The van der Waals surface area contributed by atoms with Crippen molar-refractivity contribution in [2.45, 2.75) is 27.7 Å². The third kappa shape index (κ3) is 3.48. The lowest BCUT2D eigenvalue weighted by molar-refractivity contribution is 0.383. The maximum Gasteiger partial charge on any atom is 0.252 e. The van der Waals surface area contributed by atoms with E-state index in [4.69, 9.17) is 0 Å². The second-order valence-corrected chi connectivity index (χ2v) is 8.16. The third-order valence-corrected chi connectivity index (χ3v) is 6.47. The predicted molar refractivity (Wildman–Crippen MR) is 80.4 cm³/mol. The van der Waals surface area contributed by atoms with E-state index in [0.717, 1.165) is 19.0 Å². The molecule has 25 heavy (non-hydrogen) atoms. The highest BCUT2D eigenvalue weighted by Crippen LogP contribution is 2.33. The van der Waals surface area contributed by atoms with Crippen molar-refractivity contribution < 1.29 is 26.0 Å². The fraction of sp³-hybridized carbons (Fsp3) is 0.286. The summed E-state index contributed by atoms with van der Waals surface area (Å²) in [6, 6.07) is 2.44. The van der Waals surface area contributed by atoms with Crippen molar-refractivity contribution in [1.82, 2.24) is 14.3 Å². The molecule has 1 saturated heterocycles. The molecule has 2 aromatic heterocycles. The lowest BCUT2D eigenvalue weighted by Gasteiger charge is -2.15. The van der Waals surface area contributed by atoms with Gasteiger partial charge in [-0.1, -0.05) is 11.8 Å². The molecule has 11 heteroatoms. The zero-order valence-electron chi connectivity index (χ0n) is 12.5. The van der Waals surface area contributed by atoms with Crippen LogP contribution in [0.15, 0.2) is 33.1 Å². The largest absolute Gasteiger partial charge is 0.252 e. The minimum Gasteiger partial charge on any atom is -0.248 e. The van der Waals surface area contributed by atoms with Gasteiger partial charge in [0.2, 0.25) is 10.0 Å². The van der Waals surface area contributed by atoms with Crippen LogP contribution in [-0.2, 0) is 10.0 Å². The van der Waals surface area contributed by atoms with E-state index in [1.807, 2.05) is 0 Å². The maximum absolute atomic E-state index is 13.6. The average Bonchev–Trinajstić information content (AvgIpc) is 3.13. The van der Waals surface area contributed by atoms with Crippen molar-refractivity contribution in [2.75, 3.05) is 13.1 Å². The van der Waals surface area contributed by atoms with Crippen molar-refractivity contribution in [3.63, 3.8) is 0 Å². The second-order valence-electron chi connectivity index (χ2n) is 5.20. The maximum atomic E-state index is 13.6. The number of halogens is 4. The first-order valence-corrected chi connectivity index (χ1v) is 9.40. The molecule has 0 radical (unpaired) electrons. The van der Waals surface area contributed by atoms with E-state index in [2.05, 4.69) is 9.97 Å². The summed E-state index contributed by atoms with van der Waals surface area (Å²) in [6.45, 7) is 0.843. The molecule has 0 bridgehead atoms. The summed E-state index contributed by atoms with van der Waals surface area (Å²) in [7, 11) is -3.67. The summed E-state index contributed by atoms with van der Waals surface area (Å²) < 4.78 is 79.5. The highest BCUT2D eigenvalue weighted by Gasteiger charge is 2.28. The highest BCUT2D eigenvalue weighted by molar-refractivity contribution is 7.99. The van der Waals surface area contributed by atoms with Gasteiger partial charge < -0.3 is 0 Å². The molecule has 2 aromatic rings.